The lowest BCUT2D eigenvalue weighted by Gasteiger charge is -2.53. The van der Waals surface area contributed by atoms with Crippen LogP contribution in [0.3, 0.4) is 0 Å². The molecule has 22 aliphatic heterocycles. The molecule has 84 heavy (non-hydrogen) atoms. The molecule has 22 rings (SSSR count). The lowest BCUT2D eigenvalue weighted by molar-refractivity contribution is -0.410. The Kier molecular flexibility index (Phi) is 28.7. The Hall–Kier alpha value is -1.20. The van der Waals surface area contributed by atoms with Gasteiger partial charge in [0.1, 0.15) is 146 Å². The molecule has 0 aromatic rings. The van der Waals surface area contributed by atoms with Gasteiger partial charge in [0.05, 0.1) is 39.6 Å². The first-order valence-corrected chi connectivity index (χ1v) is 28.0. The molecule has 30 heteroatoms. The lowest BCUT2D eigenvalue weighted by atomic mass is 9.94. The van der Waals surface area contributed by atoms with Gasteiger partial charge in [-0.2, -0.15) is 0 Å². The highest BCUT2D eigenvalue weighted by Crippen LogP contribution is 2.42. The molecular weight excluding hydrogens is 1130 g/mol. The Morgan fingerprint density at radius 1 is 0.167 bits per heavy atom. The van der Waals surface area contributed by atoms with Crippen LogP contribution >= 0.6 is 0 Å². The van der Waals surface area contributed by atoms with Gasteiger partial charge in [0.2, 0.25) is 0 Å². The van der Waals surface area contributed by atoms with Crippen LogP contribution in [-0.4, -0.2) is 352 Å². The van der Waals surface area contributed by atoms with Crippen LogP contribution in [0.4, 0.5) is 0 Å². The van der Waals surface area contributed by atoms with Crippen molar-refractivity contribution in [2.24, 2.45) is 0 Å². The quantitative estimate of drug-likeness (QED) is 0.109. The van der Waals surface area contributed by atoms with E-state index in [4.69, 9.17) is 142 Å². The summed E-state index contributed by atoms with van der Waals surface area (Å²) >= 11 is 0. The van der Waals surface area contributed by atoms with Gasteiger partial charge in [-0.1, -0.05) is 0 Å². The molecule has 30 nitrogen and oxygen atoms in total. The van der Waals surface area contributed by atoms with E-state index in [1.807, 2.05) is 0 Å². The topological polar surface area (TPSA) is 277 Å². The van der Waals surface area contributed by atoms with Crippen molar-refractivity contribution in [3.63, 3.8) is 0 Å². The Morgan fingerprint density at radius 3 is 0.381 bits per heavy atom. The Bertz CT molecular complexity index is 1510. The molecule has 0 unspecified atom stereocenters. The van der Waals surface area contributed by atoms with Crippen molar-refractivity contribution in [3.8, 4) is 0 Å². The summed E-state index contributed by atoms with van der Waals surface area (Å²) in [4.78, 5) is 0. The average Bonchev–Trinajstić information content (AvgIpc) is 1.90. The van der Waals surface area contributed by atoms with Crippen LogP contribution in [0.25, 0.3) is 0 Å². The average molecular weight is 1230 g/mol. The monoisotopic (exact) mass is 1220 g/mol. The van der Waals surface area contributed by atoms with Crippen molar-refractivity contribution >= 4 is 0 Å². The number of hydrogen-bond acceptors (Lipinski definition) is 30. The molecule has 0 radical (unpaired) electrons. The summed E-state index contributed by atoms with van der Waals surface area (Å²) in [6.07, 6.45) is -29.6. The minimum absolute atomic E-state index is 0.00790. The van der Waals surface area contributed by atoms with Gasteiger partial charge >= 0.3 is 0 Å². The van der Waals surface area contributed by atoms with E-state index in [1.54, 1.807) is 0 Å². The fourth-order valence-electron chi connectivity index (χ4n) is 12.7. The van der Waals surface area contributed by atoms with Gasteiger partial charge in [-0.05, 0) is 0 Å². The fraction of sp³-hybridized carbons (Fsp3) is 1.00. The lowest BCUT2D eigenvalue weighted by Crippen LogP contribution is -2.70. The van der Waals surface area contributed by atoms with E-state index in [0.717, 1.165) is 0 Å². The summed E-state index contributed by atoms with van der Waals surface area (Å²) in [6.45, 7) is -0.0474. The van der Waals surface area contributed by atoms with E-state index in [0.29, 0.717) is 0 Å². The summed E-state index contributed by atoms with van der Waals surface area (Å²) in [5.41, 5.74) is 0. The highest BCUT2D eigenvalue weighted by Gasteiger charge is 2.61. The molecule has 22 aliphatic rings. The van der Waals surface area contributed by atoms with Crippen LogP contribution in [0.5, 0.6) is 0 Å². The van der Waals surface area contributed by atoms with Gasteiger partial charge in [-0.15, -0.1) is 0 Å². The molecule has 12 bridgehead atoms. The number of hydrogen-bond donors (Lipinski definition) is 0. The maximum absolute atomic E-state index is 6.98. The summed E-state index contributed by atoms with van der Waals surface area (Å²) in [5, 5.41) is 0. The molecule has 22 heterocycles. The zero-order valence-electron chi connectivity index (χ0n) is 51.8. The predicted molar refractivity (Wildman–Crippen MR) is 282 cm³/mol. The maximum Gasteiger partial charge on any atom is 0.187 e. The highest BCUT2D eigenvalue weighted by atomic mass is 16.8. The Balaban J connectivity index is 1.35. The van der Waals surface area contributed by atoms with Gasteiger partial charge in [0.15, 0.2) is 37.7 Å². The number of rotatable bonds is 24. The summed E-state index contributed by atoms with van der Waals surface area (Å²) in [7, 11) is 27.3. The van der Waals surface area contributed by atoms with E-state index in [-0.39, 0.29) is 39.6 Å². The molecule has 0 aromatic carbocycles. The van der Waals surface area contributed by atoms with Crippen molar-refractivity contribution in [2.45, 2.75) is 184 Å². The molecule has 0 spiro atoms. The minimum Gasteiger partial charge on any atom is -0.382 e. The fourth-order valence-corrected chi connectivity index (χ4v) is 12.7. The molecule has 0 amide bonds. The zero-order valence-corrected chi connectivity index (χ0v) is 51.8. The summed E-state index contributed by atoms with van der Waals surface area (Å²) < 4.78 is 192. The van der Waals surface area contributed by atoms with Gasteiger partial charge in [-0.25, -0.2) is 0 Å². The summed E-state index contributed by atoms with van der Waals surface area (Å²) in [6, 6.07) is 0. The third kappa shape index (κ3) is 15.1. The number of ether oxygens (including phenoxy) is 30. The second kappa shape index (κ2) is 34.3. The van der Waals surface area contributed by atoms with Crippen molar-refractivity contribution in [3.05, 3.63) is 0 Å². The van der Waals surface area contributed by atoms with Crippen molar-refractivity contribution in [1.29, 1.82) is 0 Å². The second-order valence-electron chi connectivity index (χ2n) is 21.0. The Morgan fingerprint density at radius 2 is 0.286 bits per heavy atom. The van der Waals surface area contributed by atoms with E-state index < -0.39 is 184 Å². The first-order chi connectivity index (χ1) is 40.9. The van der Waals surface area contributed by atoms with Crippen LogP contribution in [0.1, 0.15) is 0 Å². The van der Waals surface area contributed by atoms with Crippen molar-refractivity contribution in [2.75, 3.05) is 168 Å². The second-order valence-corrected chi connectivity index (χ2v) is 21.0. The van der Waals surface area contributed by atoms with Crippen LogP contribution in [0, 0.1) is 0 Å². The van der Waals surface area contributed by atoms with E-state index in [9.17, 15) is 0 Å². The van der Waals surface area contributed by atoms with Gasteiger partial charge in [0, 0.05) is 128 Å². The van der Waals surface area contributed by atoms with Crippen LogP contribution < -0.4 is 0 Å². The van der Waals surface area contributed by atoms with E-state index >= 15 is 0 Å². The molecule has 0 aromatic heterocycles. The zero-order chi connectivity index (χ0) is 60.8. The van der Waals surface area contributed by atoms with Gasteiger partial charge in [0.25, 0.3) is 0 Å². The Labute approximate surface area is 492 Å². The SMILES string of the molecule is COC[C@H]1O[C@H]2O[C@H]3[C@H](OC)[C@@H](OC)[C@@H](O[C@H]4[C@H](OC)[C@@H](OC)[C@@H](O[C@H]5[C@H](OC)[C@@H](OC)[C@@H](O[C@H]6[C@H](OC)[C@@H](OC)[C@@H](O[C@H]7[C@H](OC)[C@@H](OC)[C@@H](O[C@H]1[C@H](OC)[C@H]2OC)O[C@@H]7COC)O[C@@H]6COC)O[C@@H]5COC)O[C@@H]4COC)O[C@@H]3COC. The van der Waals surface area contributed by atoms with Crippen LogP contribution in [0.2, 0.25) is 0 Å². The molecule has 0 N–H and O–H groups in total. The smallest absolute Gasteiger partial charge is 0.187 e. The molecule has 0 aliphatic carbocycles. The maximum atomic E-state index is 6.98. The van der Waals surface area contributed by atoms with Gasteiger partial charge in [-0.3, -0.25) is 0 Å². The molecule has 22 saturated heterocycles. The minimum atomic E-state index is -1.18. The van der Waals surface area contributed by atoms with E-state index in [2.05, 4.69) is 0 Å². The van der Waals surface area contributed by atoms with Crippen LogP contribution in [0.15, 0.2) is 0 Å². The number of methoxy groups -OCH3 is 18. The molecule has 0 saturated carbocycles. The third-order valence-corrected chi connectivity index (χ3v) is 16.5. The standard InChI is InChI=1S/C54H96O30/c1-55-19-25-31-37(61-7)43(67-13)49(73-25)80-32-26(20-56-2)75-51(45(69-15)38(32)62-8)82-34-28(22-58-4)77-53(47(71-17)40(34)64-10)84-36-30(24-60-6)78-54(48(72-18)42(36)66-12)83-35-29(23-59-5)76-52(46(70-16)41(35)65-11)81-33-27(21-57-3)74-50(79-31)44(68-14)39(33)63-9/h25-54H,19-24H2,1-18H3/t25-,26-,27-,28-,29-,30-,31-,32-,33-,34-,35-,36-,37+,38+,39+,40+,41+,42+,43-,44-,45-,46-,47-,48-,49-,50-,51-,52-,53-,54+/m1/s1. The van der Waals surface area contributed by atoms with Crippen LogP contribution in [-0.2, 0) is 142 Å². The molecule has 22 fully saturated rings. The first-order valence-electron chi connectivity index (χ1n) is 28.0. The molecular formula is C54H96O30. The molecule has 30 atom stereocenters. The van der Waals surface area contributed by atoms with E-state index in [1.165, 1.54) is 128 Å². The third-order valence-electron chi connectivity index (χ3n) is 16.5. The molecule has 492 valence electrons. The highest BCUT2D eigenvalue weighted by molar-refractivity contribution is 5.03. The first kappa shape index (κ1) is 70.3. The summed E-state index contributed by atoms with van der Waals surface area (Å²) in [5.74, 6) is 0. The normalized spacial score (nSPS) is 46.1. The van der Waals surface area contributed by atoms with Crippen molar-refractivity contribution < 1.29 is 142 Å². The predicted octanol–water partition coefficient (Wildman–Crippen LogP) is -1.28. The van der Waals surface area contributed by atoms with Gasteiger partial charge < -0.3 is 142 Å². The largest absolute Gasteiger partial charge is 0.382 e. The van der Waals surface area contributed by atoms with Crippen molar-refractivity contribution in [1.82, 2.24) is 0 Å².